The minimum Gasteiger partial charge on any atom is -0.481 e. The Morgan fingerprint density at radius 2 is 0.580 bits per heavy atom. The molecule has 69 heavy (non-hydrogen) atoms. The molecule has 2 aliphatic heterocycles. The average Bonchev–Trinajstić information content (AvgIpc) is 4.19. The molecule has 0 amide bonds. The van der Waals surface area contributed by atoms with Gasteiger partial charge >= 0.3 is 23.9 Å². The molecule has 7 aromatic rings. The van der Waals surface area contributed by atoms with Crippen molar-refractivity contribution in [3.05, 3.63) is 144 Å². The van der Waals surface area contributed by atoms with E-state index in [1.807, 2.05) is 24.3 Å². The quantitative estimate of drug-likeness (QED) is 0.0495. The Labute approximate surface area is 402 Å². The second-order valence-electron chi connectivity index (χ2n) is 15.2. The van der Waals surface area contributed by atoms with E-state index >= 15 is 0 Å². The van der Waals surface area contributed by atoms with Gasteiger partial charge in [-0.2, -0.15) is 0 Å². The molecule has 0 aliphatic carbocycles. The summed E-state index contributed by atoms with van der Waals surface area (Å²) in [6.45, 7) is -2.48. The summed E-state index contributed by atoms with van der Waals surface area (Å²) in [7, 11) is 0. The Balaban J connectivity index is 0.00000642. The SMILES string of the molecule is O=C(O)COc1ccccc1-c1c2nc(c(-c3ccccc3OCC(=O)O)c3ccc([nH]3)c(-c3ccccc3OCC(=O)O)c3nc(c(-c4ccccc4OCC(=O)O)c4ccc1[nH]4)C=C3)C=C2.[Mn]. The molecular weight excluding hydrogens is 928 g/mol. The fraction of sp³-hybridized carbons (Fsp3) is 0.0769. The zero-order valence-electron chi connectivity index (χ0n) is 36.0. The number of H-pyrrole nitrogens is 2. The fourth-order valence-electron chi connectivity index (χ4n) is 8.09. The van der Waals surface area contributed by atoms with E-state index in [0.29, 0.717) is 89.4 Å². The van der Waals surface area contributed by atoms with Crippen molar-refractivity contribution in [2.24, 2.45) is 0 Å². The average molecular weight is 966 g/mol. The van der Waals surface area contributed by atoms with Crippen molar-refractivity contribution in [2.45, 2.75) is 0 Å². The molecule has 0 fully saturated rings. The Morgan fingerprint density at radius 3 is 0.797 bits per heavy atom. The number of carboxylic acids is 4. The van der Waals surface area contributed by atoms with E-state index in [9.17, 15) is 39.6 Å². The number of ether oxygens (including phenoxy) is 4. The zero-order chi connectivity index (χ0) is 47.3. The van der Waals surface area contributed by atoms with Crippen LogP contribution >= 0.6 is 0 Å². The molecule has 345 valence electrons. The van der Waals surface area contributed by atoms with E-state index in [0.717, 1.165) is 0 Å². The van der Waals surface area contributed by atoms with Crippen molar-refractivity contribution in [3.63, 3.8) is 0 Å². The van der Waals surface area contributed by atoms with Crippen LogP contribution in [0.15, 0.2) is 121 Å². The van der Waals surface area contributed by atoms with Gasteiger partial charge in [-0.1, -0.05) is 72.8 Å². The third-order valence-corrected chi connectivity index (χ3v) is 10.8. The second kappa shape index (κ2) is 20.3. The first kappa shape index (κ1) is 46.6. The van der Waals surface area contributed by atoms with Gasteiger partial charge in [0.2, 0.25) is 0 Å². The maximum absolute atomic E-state index is 11.8. The van der Waals surface area contributed by atoms with Crippen molar-refractivity contribution in [2.75, 3.05) is 26.4 Å². The van der Waals surface area contributed by atoms with Crippen LogP contribution in [0, 0.1) is 0 Å². The Hall–Kier alpha value is -8.92. The number of nitrogens with zero attached hydrogens (tertiary/aromatic N) is 2. The van der Waals surface area contributed by atoms with Crippen LogP contribution in [0.25, 0.3) is 90.9 Å². The molecule has 16 nitrogen and oxygen atoms in total. The molecule has 0 unspecified atom stereocenters. The summed E-state index contributed by atoms with van der Waals surface area (Å²) in [4.78, 5) is 64.8. The van der Waals surface area contributed by atoms with Crippen LogP contribution in [0.2, 0.25) is 0 Å². The first-order valence-electron chi connectivity index (χ1n) is 20.9. The summed E-state index contributed by atoms with van der Waals surface area (Å²) < 4.78 is 23.4. The third-order valence-electron chi connectivity index (χ3n) is 10.8. The van der Waals surface area contributed by atoms with Crippen LogP contribution in [0.5, 0.6) is 23.0 Å². The summed E-state index contributed by atoms with van der Waals surface area (Å²) in [6.07, 6.45) is 7.22. The van der Waals surface area contributed by atoms with Gasteiger partial charge in [0.25, 0.3) is 0 Å². The van der Waals surface area contributed by atoms with Crippen LogP contribution in [-0.2, 0) is 36.2 Å². The van der Waals surface area contributed by atoms with Gasteiger partial charge in [-0.15, -0.1) is 0 Å². The number of carbonyl (C=O) groups is 4. The normalized spacial score (nSPS) is 11.4. The van der Waals surface area contributed by atoms with Gasteiger partial charge in [-0.05, 0) is 72.8 Å². The Kier molecular flexibility index (Phi) is 13.7. The van der Waals surface area contributed by atoms with E-state index in [1.54, 1.807) is 121 Å². The standard InChI is InChI=1S/C52H38N4O12.Mn/c57-45(58)25-65-41-13-5-1-9-29(41)49-33-17-19-35(53-33)50(30-10-2-6-14-42(30)66-26-46(59)60)37-21-23-39(55-37)52(32-12-4-8-16-44(32)68-28-48(63)64)40-24-22-38(56-40)51(36-20-18-34(49)54-36)31-11-3-7-15-43(31)67-27-47(61)62;/h1-24,53,56H,25-28H2,(H,57,58)(H,59,60)(H,61,62)(H,63,64);. The van der Waals surface area contributed by atoms with Crippen LogP contribution in [0.4, 0.5) is 0 Å². The minimum atomic E-state index is -1.17. The van der Waals surface area contributed by atoms with Gasteiger partial charge in [0.1, 0.15) is 23.0 Å². The number of nitrogens with one attached hydrogen (secondary N) is 2. The molecule has 0 spiro atoms. The predicted octanol–water partition coefficient (Wildman–Crippen LogP) is 9.17. The maximum Gasteiger partial charge on any atom is 0.341 e. The van der Waals surface area contributed by atoms with Crippen molar-refractivity contribution >= 4 is 70.2 Å². The molecule has 1 radical (unpaired) electrons. The first-order chi connectivity index (χ1) is 33.0. The number of hydrogen-bond acceptors (Lipinski definition) is 10. The molecule has 0 saturated carbocycles. The van der Waals surface area contributed by atoms with Crippen molar-refractivity contribution in [1.82, 2.24) is 19.9 Å². The van der Waals surface area contributed by atoms with E-state index in [-0.39, 0.29) is 40.1 Å². The summed E-state index contributed by atoms with van der Waals surface area (Å²) in [5.41, 5.74) is 8.01. The number of aromatic amines is 2. The number of carboxylic acid groups (broad SMARTS) is 4. The molecule has 5 heterocycles. The summed E-state index contributed by atoms with van der Waals surface area (Å²) in [5, 5.41) is 38.5. The monoisotopic (exact) mass is 965 g/mol. The van der Waals surface area contributed by atoms with E-state index in [1.165, 1.54) is 0 Å². The van der Waals surface area contributed by atoms with Gasteiger partial charge < -0.3 is 49.3 Å². The number of aromatic nitrogens is 4. The van der Waals surface area contributed by atoms with Gasteiger partial charge in [0.05, 0.1) is 22.8 Å². The summed E-state index contributed by atoms with van der Waals surface area (Å²) in [5.74, 6) is -3.63. The molecular formula is C52H38MnN4O12. The van der Waals surface area contributed by atoms with Crippen LogP contribution in [-0.4, -0.2) is 90.7 Å². The van der Waals surface area contributed by atoms with E-state index < -0.39 is 50.3 Å². The number of para-hydroxylation sites is 4. The molecule has 17 heteroatoms. The number of fused-ring (bicyclic) bond motifs is 8. The zero-order valence-corrected chi connectivity index (χ0v) is 37.2. The van der Waals surface area contributed by atoms with Crippen LogP contribution in [0.1, 0.15) is 22.8 Å². The Bertz CT molecular complexity index is 2980. The number of benzene rings is 4. The molecule has 9 rings (SSSR count). The summed E-state index contributed by atoms with van der Waals surface area (Å²) >= 11 is 0. The van der Waals surface area contributed by atoms with Gasteiger partial charge in [0.15, 0.2) is 26.4 Å². The second-order valence-corrected chi connectivity index (χ2v) is 15.2. The molecule has 6 N–H and O–H groups in total. The topological polar surface area (TPSA) is 243 Å². The smallest absolute Gasteiger partial charge is 0.341 e. The molecule has 4 aromatic carbocycles. The fourth-order valence-corrected chi connectivity index (χ4v) is 8.09. The Morgan fingerprint density at radius 1 is 0.362 bits per heavy atom. The van der Waals surface area contributed by atoms with Gasteiger partial charge in [-0.25, -0.2) is 29.1 Å². The minimum absolute atomic E-state index is 0. The number of aliphatic carboxylic acids is 4. The number of hydrogen-bond donors (Lipinski definition) is 6. The molecule has 0 atom stereocenters. The van der Waals surface area contributed by atoms with Gasteiger partial charge in [-0.3, -0.25) is 0 Å². The maximum atomic E-state index is 11.8. The molecule has 8 bridgehead atoms. The van der Waals surface area contributed by atoms with Crippen LogP contribution < -0.4 is 18.9 Å². The van der Waals surface area contributed by atoms with E-state index in [4.69, 9.17) is 28.9 Å². The third kappa shape index (κ3) is 9.95. The van der Waals surface area contributed by atoms with Crippen molar-refractivity contribution in [1.29, 1.82) is 0 Å². The van der Waals surface area contributed by atoms with Gasteiger partial charge in [0, 0.05) is 83.6 Å². The predicted molar refractivity (Wildman–Crippen MR) is 253 cm³/mol. The van der Waals surface area contributed by atoms with Crippen molar-refractivity contribution < 1.29 is 75.6 Å². The summed E-state index contributed by atoms with van der Waals surface area (Å²) in [6, 6.07) is 35.2. The van der Waals surface area contributed by atoms with E-state index in [2.05, 4.69) is 9.97 Å². The molecule has 0 saturated heterocycles. The van der Waals surface area contributed by atoms with Crippen LogP contribution in [0.3, 0.4) is 0 Å². The largest absolute Gasteiger partial charge is 0.481 e. The van der Waals surface area contributed by atoms with Crippen molar-refractivity contribution in [3.8, 4) is 67.5 Å². The molecule has 3 aromatic heterocycles. The molecule has 2 aliphatic rings. The first-order valence-corrected chi connectivity index (χ1v) is 20.9. The number of rotatable bonds is 16.